The molecule has 0 aliphatic carbocycles. The van der Waals surface area contributed by atoms with Crippen LogP contribution in [0.2, 0.25) is 5.02 Å². The predicted molar refractivity (Wildman–Crippen MR) is 126 cm³/mol. The van der Waals surface area contributed by atoms with Crippen molar-refractivity contribution in [3.63, 3.8) is 0 Å². The molecule has 0 aliphatic rings. The molecule has 1 aromatic heterocycles. The summed E-state index contributed by atoms with van der Waals surface area (Å²) in [6, 6.07) is 8.91. The largest absolute Gasteiger partial charge is 0.588 e. The minimum absolute atomic E-state index is 0.0200. The van der Waals surface area contributed by atoms with Crippen molar-refractivity contribution in [2.24, 2.45) is 0 Å². The van der Waals surface area contributed by atoms with Gasteiger partial charge in [0.05, 0.1) is 28.9 Å². The molecule has 0 saturated carbocycles. The Kier molecular flexibility index (Phi) is 8.64. The second-order valence-corrected chi connectivity index (χ2v) is 9.35. The Morgan fingerprint density at radius 3 is 2.51 bits per heavy atom. The van der Waals surface area contributed by atoms with Crippen LogP contribution in [0.3, 0.4) is 0 Å². The van der Waals surface area contributed by atoms with Gasteiger partial charge < -0.3 is 19.7 Å². The van der Waals surface area contributed by atoms with Gasteiger partial charge in [0.1, 0.15) is 29.5 Å². The number of carbonyl (C=O) groups excluding carboxylic acids is 2. The fourth-order valence-electron chi connectivity index (χ4n) is 3.01. The number of alkyl halides is 3. The summed E-state index contributed by atoms with van der Waals surface area (Å²) in [4.78, 5) is 28.3. The van der Waals surface area contributed by atoms with Crippen LogP contribution in [0.25, 0.3) is 0 Å². The molecular weight excluding hydrogens is 542 g/mol. The van der Waals surface area contributed by atoms with Crippen molar-refractivity contribution in [2.75, 3.05) is 19.0 Å². The maximum atomic E-state index is 13.5. The second-order valence-electron chi connectivity index (χ2n) is 7.43. The average molecular weight is 560 g/mol. The first kappa shape index (κ1) is 28.2. The number of aliphatic hydroxyl groups excluding tert-OH is 1. The highest BCUT2D eigenvalue weighted by Gasteiger charge is 2.35. The Labute approximate surface area is 216 Å². The molecule has 2 aromatic carbocycles. The topological polar surface area (TPSA) is 115 Å². The van der Waals surface area contributed by atoms with Crippen molar-refractivity contribution >= 4 is 40.5 Å². The molecule has 0 radical (unpaired) electrons. The summed E-state index contributed by atoms with van der Waals surface area (Å²) in [5.74, 6) is -3.20. The first-order valence-electron chi connectivity index (χ1n) is 10.2. The molecule has 0 saturated heterocycles. The van der Waals surface area contributed by atoms with E-state index in [0.717, 1.165) is 22.5 Å². The lowest BCUT2D eigenvalue weighted by atomic mass is 10.1. The lowest BCUT2D eigenvalue weighted by molar-refractivity contribution is -0.137. The van der Waals surface area contributed by atoms with Gasteiger partial charge in [-0.1, -0.05) is 17.7 Å². The van der Waals surface area contributed by atoms with Crippen LogP contribution in [0, 0.1) is 12.9 Å². The van der Waals surface area contributed by atoms with Crippen LogP contribution in [-0.2, 0) is 22.3 Å². The molecule has 3 rings (SSSR count). The predicted octanol–water partition coefficient (Wildman–Crippen LogP) is 4.72. The van der Waals surface area contributed by atoms with Crippen molar-refractivity contribution in [2.45, 2.75) is 18.0 Å². The minimum Gasteiger partial charge on any atom is -0.588 e. The summed E-state index contributed by atoms with van der Waals surface area (Å²) >= 11 is 3.80. The Bertz CT molecular complexity index is 1340. The molecule has 0 spiro atoms. The zero-order valence-corrected chi connectivity index (χ0v) is 20.7. The fraction of sp³-hybridized carbons (Fsp3) is 0.174. The normalized spacial score (nSPS) is 12.1. The van der Waals surface area contributed by atoms with Gasteiger partial charge in [0, 0.05) is 11.8 Å². The molecule has 196 valence electrons. The van der Waals surface area contributed by atoms with Gasteiger partial charge in [-0.15, -0.1) is 0 Å². The third-order valence-corrected chi connectivity index (χ3v) is 6.54. The Morgan fingerprint density at radius 1 is 1.19 bits per heavy atom. The number of nitrogens with zero attached hydrogens (tertiary/aromatic N) is 2. The number of anilines is 1. The Morgan fingerprint density at radius 2 is 1.89 bits per heavy atom. The summed E-state index contributed by atoms with van der Waals surface area (Å²) in [5, 5.41) is 10.6. The summed E-state index contributed by atoms with van der Waals surface area (Å²) < 4.78 is 72.6. The second kappa shape index (κ2) is 11.3. The monoisotopic (exact) mass is 559 g/mol. The quantitative estimate of drug-likeness (QED) is 0.246. The number of amides is 2. The molecule has 37 heavy (non-hydrogen) atoms. The molecule has 2 N–H and O–H groups in total. The fourth-order valence-corrected chi connectivity index (χ4v) is 4.26. The van der Waals surface area contributed by atoms with Crippen LogP contribution in [-0.4, -0.2) is 44.4 Å². The van der Waals surface area contributed by atoms with Crippen molar-refractivity contribution in [3.05, 3.63) is 76.3 Å². The van der Waals surface area contributed by atoms with Gasteiger partial charge in [-0.05, 0) is 43.3 Å². The number of aromatic nitrogens is 1. The zero-order valence-electron chi connectivity index (χ0n) is 19.1. The van der Waals surface area contributed by atoms with E-state index in [1.54, 1.807) is 0 Å². The van der Waals surface area contributed by atoms with E-state index >= 15 is 0 Å². The SMILES string of the molecule is Cc1nc(F)ccc1Oc1cc(C(F)(F)F)c(Cl)cc1C(=O)Nc1cccc([S+]([O-])N(C)C(=O)CO)c1. The molecular formula is C23H18ClF4N3O5S. The van der Waals surface area contributed by atoms with Crippen LogP contribution in [0.4, 0.5) is 23.2 Å². The van der Waals surface area contributed by atoms with E-state index in [1.165, 1.54) is 38.2 Å². The van der Waals surface area contributed by atoms with Crippen LogP contribution in [0.5, 0.6) is 11.5 Å². The molecule has 2 amide bonds. The van der Waals surface area contributed by atoms with Crippen molar-refractivity contribution in [1.82, 2.24) is 9.29 Å². The third-order valence-electron chi connectivity index (χ3n) is 4.87. The number of hydrogen-bond donors (Lipinski definition) is 2. The van der Waals surface area contributed by atoms with E-state index in [0.29, 0.717) is 6.07 Å². The van der Waals surface area contributed by atoms with Crippen LogP contribution < -0.4 is 10.1 Å². The molecule has 0 fully saturated rings. The minimum atomic E-state index is -4.86. The number of carbonyl (C=O) groups is 2. The van der Waals surface area contributed by atoms with E-state index in [2.05, 4.69) is 10.3 Å². The van der Waals surface area contributed by atoms with E-state index in [4.69, 9.17) is 21.4 Å². The van der Waals surface area contributed by atoms with Gasteiger partial charge in [-0.25, -0.2) is 4.98 Å². The average Bonchev–Trinajstić information content (AvgIpc) is 2.84. The number of halogens is 5. The van der Waals surface area contributed by atoms with Crippen molar-refractivity contribution in [3.8, 4) is 11.5 Å². The molecule has 1 heterocycles. The first-order valence-corrected chi connectivity index (χ1v) is 11.7. The number of benzene rings is 2. The molecule has 0 bridgehead atoms. The first-order chi connectivity index (χ1) is 17.3. The standard InChI is InChI=1S/C23H18ClF4N3O5S/c1-12-18(6-7-20(25)29-12)36-19-10-16(23(26,27)28)17(24)9-15(19)22(34)30-13-4-3-5-14(8-13)37(35)31(2)21(33)11-32/h3-10,32H,11H2,1-2H3,(H,30,34). The molecule has 8 nitrogen and oxygen atoms in total. The third kappa shape index (κ3) is 6.68. The highest BCUT2D eigenvalue weighted by atomic mass is 35.5. The van der Waals surface area contributed by atoms with Gasteiger partial charge in [-0.3, -0.25) is 9.59 Å². The number of nitrogens with one attached hydrogen (secondary N) is 1. The van der Waals surface area contributed by atoms with Gasteiger partial charge in [0.2, 0.25) is 5.95 Å². The smallest absolute Gasteiger partial charge is 0.417 e. The van der Waals surface area contributed by atoms with E-state index < -0.39 is 58.2 Å². The number of likely N-dealkylation sites (N-methyl/N-ethyl adjacent to an activating group) is 1. The van der Waals surface area contributed by atoms with Gasteiger partial charge >= 0.3 is 6.18 Å². The van der Waals surface area contributed by atoms with Crippen molar-refractivity contribution in [1.29, 1.82) is 0 Å². The lowest BCUT2D eigenvalue weighted by Gasteiger charge is -2.19. The highest BCUT2D eigenvalue weighted by molar-refractivity contribution is 7.89. The number of pyridine rings is 1. The molecule has 1 atom stereocenters. The molecule has 1 unspecified atom stereocenters. The van der Waals surface area contributed by atoms with Crippen LogP contribution in [0.15, 0.2) is 53.4 Å². The Balaban J connectivity index is 1.98. The Hall–Kier alpha value is -3.39. The van der Waals surface area contributed by atoms with E-state index in [1.807, 2.05) is 0 Å². The summed E-state index contributed by atoms with van der Waals surface area (Å²) in [7, 11) is 1.21. The molecule has 3 aromatic rings. The van der Waals surface area contributed by atoms with Gasteiger partial charge in [-0.2, -0.15) is 21.9 Å². The maximum Gasteiger partial charge on any atom is 0.417 e. The zero-order chi connectivity index (χ0) is 27.5. The number of aryl methyl sites for hydroxylation is 1. The molecule has 14 heteroatoms. The number of ether oxygens (including phenoxy) is 1. The van der Waals surface area contributed by atoms with Crippen LogP contribution in [0.1, 0.15) is 21.6 Å². The summed E-state index contributed by atoms with van der Waals surface area (Å²) in [6.07, 6.45) is -4.86. The van der Waals surface area contributed by atoms with E-state index in [9.17, 15) is 31.7 Å². The van der Waals surface area contributed by atoms with Gasteiger partial charge in [0.15, 0.2) is 4.90 Å². The summed E-state index contributed by atoms with van der Waals surface area (Å²) in [6.45, 7) is 0.502. The van der Waals surface area contributed by atoms with Crippen molar-refractivity contribution < 1.29 is 41.5 Å². The van der Waals surface area contributed by atoms with Gasteiger partial charge in [0.25, 0.3) is 11.8 Å². The van der Waals surface area contributed by atoms with Crippen LogP contribution >= 0.6 is 11.6 Å². The van der Waals surface area contributed by atoms with E-state index in [-0.39, 0.29) is 27.6 Å². The molecule has 0 aliphatic heterocycles. The summed E-state index contributed by atoms with van der Waals surface area (Å²) in [5.41, 5.74) is -1.54. The number of rotatable bonds is 7. The number of hydrogen-bond acceptors (Lipinski definition) is 6. The highest BCUT2D eigenvalue weighted by Crippen LogP contribution is 2.40. The number of aliphatic hydroxyl groups is 1. The lowest BCUT2D eigenvalue weighted by Crippen LogP contribution is -2.35. The maximum absolute atomic E-state index is 13.5.